The van der Waals surface area contributed by atoms with Crippen LogP contribution in [0.3, 0.4) is 0 Å². The summed E-state index contributed by atoms with van der Waals surface area (Å²) in [7, 11) is -15.0. The molecule has 3 aliphatic rings. The molecule has 25 N–H and O–H groups in total. The van der Waals surface area contributed by atoms with Crippen molar-refractivity contribution < 1.29 is 147 Å². The molecule has 142 heavy (non-hydrogen) atoms. The number of carboxylic acid groups (broad SMARTS) is 4. The Morgan fingerprint density at radius 3 is 1.39 bits per heavy atom. The van der Waals surface area contributed by atoms with Crippen LogP contribution in [-0.2, 0) is 145 Å². The van der Waals surface area contributed by atoms with Gasteiger partial charge in [0, 0.05) is 60.2 Å². The van der Waals surface area contributed by atoms with Crippen molar-refractivity contribution in [3.05, 3.63) is 132 Å². The summed E-state index contributed by atoms with van der Waals surface area (Å²) in [4.78, 5) is 283. The predicted molar refractivity (Wildman–Crippen MR) is 510 cm³/mol. The number of primary amides is 2. The van der Waals surface area contributed by atoms with Crippen LogP contribution in [0.4, 0.5) is 0 Å². The Morgan fingerprint density at radius 2 is 0.880 bits per heavy atom. The zero-order valence-electron chi connectivity index (χ0n) is 77.0. The van der Waals surface area contributed by atoms with E-state index in [2.05, 4.69) is 74.4 Å². The first kappa shape index (κ1) is 114. The first-order chi connectivity index (χ1) is 66.6. The quantitative estimate of drug-likeness (QED) is 0.0366. The van der Waals surface area contributed by atoms with E-state index in [0.717, 1.165) is 6.92 Å². The van der Waals surface area contributed by atoms with Crippen molar-refractivity contribution in [1.29, 1.82) is 0 Å². The molecule has 0 spiro atoms. The highest BCUT2D eigenvalue weighted by Gasteiger charge is 2.47. The van der Waals surface area contributed by atoms with Crippen LogP contribution in [0.5, 0.6) is 5.75 Å². The molecule has 0 saturated carbocycles. The van der Waals surface area contributed by atoms with E-state index in [9.17, 15) is 113 Å². The zero-order chi connectivity index (χ0) is 105. The van der Waals surface area contributed by atoms with Crippen LogP contribution in [0.25, 0.3) is 10.8 Å². The largest absolute Gasteiger partial charge is 0.508 e. The monoisotopic (exact) mass is 2090 g/mol. The smallest absolute Gasteiger partial charge is 0.309 e. The summed E-state index contributed by atoms with van der Waals surface area (Å²) in [5.74, 6) is -39.2. The van der Waals surface area contributed by atoms with E-state index in [1.165, 1.54) is 88.4 Å². The van der Waals surface area contributed by atoms with Crippen molar-refractivity contribution in [2.24, 2.45) is 28.5 Å². The molecule has 8 rings (SSSR count). The molecule has 1 saturated heterocycles. The molecule has 3 aliphatic heterocycles. The van der Waals surface area contributed by atoms with Gasteiger partial charge in [0.1, 0.15) is 90.3 Å². The molecular formula is C88H111N17O31S6. The van der Waals surface area contributed by atoms with Crippen LogP contribution in [0, 0.1) is 11.3 Å². The van der Waals surface area contributed by atoms with Gasteiger partial charge in [0.15, 0.2) is 29.5 Å². The lowest BCUT2D eigenvalue weighted by Crippen LogP contribution is -2.62. The molecule has 0 aromatic heterocycles. The maximum Gasteiger partial charge on any atom is 0.309 e. The molecule has 770 valence electrons. The minimum absolute atomic E-state index is 0.149. The average molecular weight is 2100 g/mol. The molecule has 54 heteroatoms. The standard InChI is InChI=1S/C88H111N17O31S6/c1-43(89)73(115)102-64-41-138-25-28-141(133,134)51-33-50-34-52(35-51)142(135,136)29-26-139-42-65-84(126)98-59(36-54(87(129)130)70(85(127)103-65)104-81(123)58(32-48-16-11-15-47-14-9-10-17-53(47)48)97-75(117)55(22-23-67(108)109)93-79(121)60(37-66(90)107)94-74(116)44(2)92-83(64)125)78(120)99-61(38-68(110)111)80(122)96-56(30-45-12-7-6-8-13-45)76(118)95-57(31-46-18-20-49(106)21-19-46)77(119)100-62(39-69(112)113)82(124)105-71(88(3,4)5)86(128)101-63(72(91)114)40-137-24-27-140(50,131)132/h6-21,33-35,43-44,54-65,70-71,106H,22-32,36-42,89H2,1-5H3,(H2,90,107)(H2,91,114)(H,92,125)(H,93,121)(H,94,116)(H,95,118)(H,96,122)(H,97,117)(H,98,126)(H,99,120)(H,100,119)(H,101,128)(H,102,115)(H,103,127)(H,104,123)(H,105,124)(H,108,109)(H,110,111)(H,112,113)(H,129,130)/t43-,44+,54-,55-,56-,57-,58-,59-,60-,61-,62-,63-,64-,65-,70+,71+/m0/s1. The highest BCUT2D eigenvalue weighted by atomic mass is 32.2. The molecule has 1 fully saturated rings. The number of nitrogens with two attached hydrogens (primary N) is 3. The summed E-state index contributed by atoms with van der Waals surface area (Å²) < 4.78 is 88.9. The number of aromatic hydroxyl groups is 1. The first-order valence-electron chi connectivity index (χ1n) is 43.9. The number of rotatable bonds is 19. The number of aliphatic carboxylic acids is 4. The number of thioether (sulfide) groups is 3. The molecule has 5 aromatic rings. The summed E-state index contributed by atoms with van der Waals surface area (Å²) >= 11 is 1.76. The molecule has 0 radical (unpaired) electrons. The third-order valence-corrected chi connectivity index (χ3v) is 31.5. The lowest BCUT2D eigenvalue weighted by Gasteiger charge is -2.33. The van der Waals surface area contributed by atoms with Crippen LogP contribution in [0.2, 0.25) is 0 Å². The first-order valence-corrected chi connectivity index (χ1v) is 52.3. The summed E-state index contributed by atoms with van der Waals surface area (Å²) in [5, 5.41) is 85.6. The molecule has 0 aliphatic carbocycles. The van der Waals surface area contributed by atoms with Gasteiger partial charge in [-0.15, -0.1) is 0 Å². The van der Waals surface area contributed by atoms with E-state index >= 15 is 33.6 Å². The van der Waals surface area contributed by atoms with Gasteiger partial charge < -0.3 is 117 Å². The van der Waals surface area contributed by atoms with Crippen molar-refractivity contribution in [3.63, 3.8) is 0 Å². The molecule has 3 heterocycles. The fourth-order valence-electron chi connectivity index (χ4n) is 14.6. The third-order valence-electron chi connectivity index (χ3n) is 22.4. The maximum absolute atomic E-state index is 15.7. The number of carbonyl (C=O) groups is 20. The fraction of sp³-hybridized carbons (Fsp3) is 0.455. The predicted octanol–water partition coefficient (Wildman–Crippen LogP) is -5.70. The second-order valence-corrected chi connectivity index (χ2v) is 44.4. The maximum atomic E-state index is 15.7. The molecular weight excluding hydrogens is 1980 g/mol. The number of fused-ring (bicyclic) bond motifs is 11. The van der Waals surface area contributed by atoms with Gasteiger partial charge in [-0.3, -0.25) is 95.9 Å². The molecule has 6 bridgehead atoms. The number of phenols is 1. The van der Waals surface area contributed by atoms with Crippen molar-refractivity contribution >= 4 is 194 Å². The Kier molecular flexibility index (Phi) is 41.0. The van der Waals surface area contributed by atoms with Crippen LogP contribution in [0.15, 0.2) is 130 Å². The summed E-state index contributed by atoms with van der Waals surface area (Å²) in [6, 6.07) is -5.46. The van der Waals surface area contributed by atoms with Crippen molar-refractivity contribution in [2.45, 2.75) is 198 Å². The highest BCUT2D eigenvalue weighted by molar-refractivity contribution is 8.01. The van der Waals surface area contributed by atoms with Gasteiger partial charge in [-0.2, -0.15) is 35.3 Å². The zero-order valence-corrected chi connectivity index (χ0v) is 81.9. The van der Waals surface area contributed by atoms with Crippen LogP contribution in [0.1, 0.15) is 89.8 Å². The Balaban J connectivity index is 1.33. The number of sulfone groups is 3. The number of benzene rings is 5. The Labute approximate surface area is 825 Å². The van der Waals surface area contributed by atoms with Gasteiger partial charge >= 0.3 is 23.9 Å². The topological polar surface area (TPSA) is 791 Å². The molecule has 5 aromatic carbocycles. The van der Waals surface area contributed by atoms with Gasteiger partial charge in [0.2, 0.25) is 94.5 Å². The van der Waals surface area contributed by atoms with Gasteiger partial charge in [-0.05, 0) is 89.9 Å². The number of nitrogens with one attached hydrogen (secondary N) is 14. The lowest BCUT2D eigenvalue weighted by molar-refractivity contribution is -0.147. The number of amides is 16. The Hall–Kier alpha value is -13.6. The van der Waals surface area contributed by atoms with E-state index in [1.54, 1.807) is 36.4 Å². The summed E-state index contributed by atoms with van der Waals surface area (Å²) in [6.07, 6.45) is -8.90. The number of hydrogen-bond donors (Lipinski definition) is 22. The van der Waals surface area contributed by atoms with Crippen LogP contribution >= 0.6 is 35.3 Å². The Bertz CT molecular complexity index is 5990. The number of phenolic OH excluding ortho intramolecular Hbond substituents is 1. The second kappa shape index (κ2) is 51.2. The SMILES string of the molecule is C[C@H](N)C(=O)N[C@H]1CSCCS(=O)(=O)c2cc3cc(c2)S(=O)(=O)CCSC[C@@H]2NC(=O)[C@H](NC(=O)[C@H](Cc4cccc5ccccc45)NC(=O)[C@H](CCC(=O)O)NC(=O)[C@H](CC(N)=O)NC(=O)[C@@H](C)NC1=O)[C@@H](C(=O)O)C[C@H](NC2=O)C(=O)N[C@@H](CC(=O)O)C(=O)N[C@@H](Cc1ccccc1)C(=O)N[C@@H](Cc1ccc(O)cc1)C(=O)N[C@@H](CC(=O)O)C(=O)N[C@@H](C(C)(C)C)C(=O)N[C@H](C(N)=O)CSCCS3(=O)=O. The third kappa shape index (κ3) is 33.8. The van der Waals surface area contributed by atoms with Crippen molar-refractivity contribution in [2.75, 3.05) is 51.8 Å². The number of hydrogen-bond acceptors (Lipinski definition) is 31. The van der Waals surface area contributed by atoms with Crippen LogP contribution in [-0.4, -0.2) is 312 Å². The normalized spacial score (nSPS) is 25.5. The molecule has 48 nitrogen and oxygen atoms in total. The average Bonchev–Trinajstić information content (AvgIpc) is 0.826. The van der Waals surface area contributed by atoms with E-state index in [4.69, 9.17) is 17.2 Å². The van der Waals surface area contributed by atoms with Gasteiger partial charge in [-0.1, -0.05) is 106 Å². The fourth-order valence-corrected chi connectivity index (χ4v) is 23.4. The Morgan fingerprint density at radius 1 is 0.444 bits per heavy atom. The second-order valence-electron chi connectivity index (χ2n) is 34.6. The summed E-state index contributed by atoms with van der Waals surface area (Å²) in [5.41, 5.74) is 16.3. The number of carboxylic acids is 4. The van der Waals surface area contributed by atoms with Crippen molar-refractivity contribution in [1.82, 2.24) is 74.4 Å². The van der Waals surface area contributed by atoms with Crippen molar-refractivity contribution in [3.8, 4) is 5.75 Å². The molecule has 16 atom stereocenters. The van der Waals surface area contributed by atoms with Crippen LogP contribution < -0.4 is 91.6 Å². The van der Waals surface area contributed by atoms with Gasteiger partial charge in [0.05, 0.1) is 63.2 Å². The summed E-state index contributed by atoms with van der Waals surface area (Å²) in [6.45, 7) is 6.48. The molecule has 16 amide bonds. The van der Waals surface area contributed by atoms with Gasteiger partial charge in [0.25, 0.3) is 0 Å². The number of carbonyl (C=O) groups excluding carboxylic acids is 16. The molecule has 0 unspecified atom stereocenters. The van der Waals surface area contributed by atoms with E-state index < -0.39 is 374 Å². The minimum Gasteiger partial charge on any atom is -0.508 e. The van der Waals surface area contributed by atoms with E-state index in [-0.39, 0.29) is 22.4 Å². The minimum atomic E-state index is -5.06. The lowest BCUT2D eigenvalue weighted by atomic mass is 9.85. The van der Waals surface area contributed by atoms with E-state index in [0.29, 0.717) is 64.3 Å². The highest BCUT2D eigenvalue weighted by Crippen LogP contribution is 2.30. The van der Waals surface area contributed by atoms with E-state index in [1.807, 2.05) is 0 Å². The van der Waals surface area contributed by atoms with Gasteiger partial charge in [-0.25, -0.2) is 25.3 Å².